The Morgan fingerprint density at radius 3 is 1.95 bits per heavy atom. The van der Waals surface area contributed by atoms with Crippen molar-refractivity contribution in [1.82, 2.24) is 5.32 Å². The molecule has 2 aromatic rings. The number of benzene rings is 2. The molecule has 20 heavy (non-hydrogen) atoms. The van der Waals surface area contributed by atoms with E-state index in [0.717, 1.165) is 5.56 Å². The van der Waals surface area contributed by atoms with Crippen molar-refractivity contribution in [3.05, 3.63) is 70.5 Å². The van der Waals surface area contributed by atoms with Gasteiger partial charge >= 0.3 is 0 Å². The summed E-state index contributed by atoms with van der Waals surface area (Å²) in [5.74, 6) is 0.379. The molecular formula is C18H22FN. The average Bonchev–Trinajstić information content (AvgIpc) is 2.44. The van der Waals surface area contributed by atoms with Crippen LogP contribution in [0.15, 0.2) is 42.5 Å². The molecule has 0 aliphatic carbocycles. The molecule has 106 valence electrons. The lowest BCUT2D eigenvalue weighted by molar-refractivity contribution is 0.614. The number of hydrogen-bond acceptors (Lipinski definition) is 1. The van der Waals surface area contributed by atoms with Gasteiger partial charge in [0.25, 0.3) is 0 Å². The average molecular weight is 271 g/mol. The molecule has 0 amide bonds. The maximum absolute atomic E-state index is 13.4. The molecule has 2 rings (SSSR count). The molecule has 0 fully saturated rings. The molecule has 0 saturated heterocycles. The third-order valence-corrected chi connectivity index (χ3v) is 3.74. The summed E-state index contributed by atoms with van der Waals surface area (Å²) >= 11 is 0. The van der Waals surface area contributed by atoms with Gasteiger partial charge in [-0.05, 0) is 48.2 Å². The van der Waals surface area contributed by atoms with Gasteiger partial charge in [-0.15, -0.1) is 0 Å². The molecule has 1 nitrogen and oxygen atoms in total. The predicted octanol–water partition coefficient (Wildman–Crippen LogP) is 4.57. The highest BCUT2D eigenvalue weighted by Crippen LogP contribution is 2.25. The van der Waals surface area contributed by atoms with Crippen LogP contribution in [0.1, 0.15) is 48.1 Å². The first kappa shape index (κ1) is 14.7. The van der Waals surface area contributed by atoms with Crippen molar-refractivity contribution in [2.75, 3.05) is 7.05 Å². The number of rotatable bonds is 4. The van der Waals surface area contributed by atoms with Gasteiger partial charge in [-0.2, -0.15) is 0 Å². The lowest BCUT2D eigenvalue weighted by atomic mass is 9.94. The van der Waals surface area contributed by atoms with E-state index in [2.05, 4.69) is 43.4 Å². The fourth-order valence-corrected chi connectivity index (χ4v) is 2.45. The van der Waals surface area contributed by atoms with Crippen molar-refractivity contribution in [2.45, 2.75) is 32.7 Å². The fourth-order valence-electron chi connectivity index (χ4n) is 2.45. The van der Waals surface area contributed by atoms with Crippen LogP contribution < -0.4 is 5.32 Å². The van der Waals surface area contributed by atoms with Crippen LogP contribution in [0.3, 0.4) is 0 Å². The van der Waals surface area contributed by atoms with E-state index in [9.17, 15) is 4.39 Å². The molecule has 0 heterocycles. The standard InChI is InChI=1S/C18H22FN/c1-12(2)14-5-7-15(8-6-14)18(20-4)16-9-10-17(19)13(3)11-16/h5-12,18,20H,1-4H3. The summed E-state index contributed by atoms with van der Waals surface area (Å²) < 4.78 is 13.4. The molecule has 1 atom stereocenters. The van der Waals surface area contributed by atoms with Gasteiger partial charge in [-0.25, -0.2) is 4.39 Å². The molecule has 0 aliphatic heterocycles. The first-order valence-electron chi connectivity index (χ1n) is 7.06. The number of hydrogen-bond donors (Lipinski definition) is 1. The van der Waals surface area contributed by atoms with E-state index in [0.29, 0.717) is 11.5 Å². The topological polar surface area (TPSA) is 12.0 Å². The Balaban J connectivity index is 2.33. The maximum Gasteiger partial charge on any atom is 0.126 e. The van der Waals surface area contributed by atoms with Gasteiger partial charge in [0.2, 0.25) is 0 Å². The minimum atomic E-state index is -0.154. The Morgan fingerprint density at radius 1 is 0.900 bits per heavy atom. The van der Waals surface area contributed by atoms with E-state index in [4.69, 9.17) is 0 Å². The summed E-state index contributed by atoms with van der Waals surface area (Å²) in [6.45, 7) is 6.18. The van der Waals surface area contributed by atoms with Gasteiger partial charge in [-0.1, -0.05) is 50.2 Å². The van der Waals surface area contributed by atoms with E-state index in [1.54, 1.807) is 6.92 Å². The smallest absolute Gasteiger partial charge is 0.126 e. The molecule has 0 radical (unpaired) electrons. The Labute approximate surface area is 120 Å². The van der Waals surface area contributed by atoms with Crippen LogP contribution in [0, 0.1) is 12.7 Å². The van der Waals surface area contributed by atoms with Crippen LogP contribution in [0.2, 0.25) is 0 Å². The van der Waals surface area contributed by atoms with Gasteiger partial charge < -0.3 is 5.32 Å². The Kier molecular flexibility index (Phi) is 4.56. The van der Waals surface area contributed by atoms with E-state index < -0.39 is 0 Å². The van der Waals surface area contributed by atoms with Crippen molar-refractivity contribution in [1.29, 1.82) is 0 Å². The zero-order valence-electron chi connectivity index (χ0n) is 12.6. The van der Waals surface area contributed by atoms with Gasteiger partial charge in [-0.3, -0.25) is 0 Å². The Bertz CT molecular complexity index is 572. The lowest BCUT2D eigenvalue weighted by Crippen LogP contribution is -2.17. The summed E-state index contributed by atoms with van der Waals surface area (Å²) in [6, 6.07) is 14.0. The quantitative estimate of drug-likeness (QED) is 0.859. The first-order valence-corrected chi connectivity index (χ1v) is 7.06. The largest absolute Gasteiger partial charge is 0.309 e. The van der Waals surface area contributed by atoms with E-state index in [1.165, 1.54) is 17.2 Å². The van der Waals surface area contributed by atoms with Crippen molar-refractivity contribution >= 4 is 0 Å². The second-order valence-electron chi connectivity index (χ2n) is 5.55. The predicted molar refractivity (Wildman–Crippen MR) is 82.6 cm³/mol. The molecule has 0 aromatic heterocycles. The van der Waals surface area contributed by atoms with Crippen molar-refractivity contribution in [2.24, 2.45) is 0 Å². The van der Waals surface area contributed by atoms with Crippen LogP contribution in [-0.2, 0) is 0 Å². The molecule has 2 heteroatoms. The van der Waals surface area contributed by atoms with E-state index >= 15 is 0 Å². The SMILES string of the molecule is CNC(c1ccc(C(C)C)cc1)c1ccc(F)c(C)c1. The number of nitrogens with one attached hydrogen (secondary N) is 1. The Hall–Kier alpha value is -1.67. The van der Waals surface area contributed by atoms with Gasteiger partial charge in [0.1, 0.15) is 5.82 Å². The monoisotopic (exact) mass is 271 g/mol. The highest BCUT2D eigenvalue weighted by molar-refractivity contribution is 5.36. The maximum atomic E-state index is 13.4. The molecule has 1 N–H and O–H groups in total. The molecule has 0 spiro atoms. The summed E-state index contributed by atoms with van der Waals surface area (Å²) in [4.78, 5) is 0. The third-order valence-electron chi connectivity index (χ3n) is 3.74. The molecule has 0 saturated carbocycles. The highest BCUT2D eigenvalue weighted by Gasteiger charge is 2.13. The minimum absolute atomic E-state index is 0.0931. The third kappa shape index (κ3) is 3.07. The van der Waals surface area contributed by atoms with Crippen LogP contribution in [0.4, 0.5) is 4.39 Å². The molecule has 2 aromatic carbocycles. The fraction of sp³-hybridized carbons (Fsp3) is 0.333. The first-order chi connectivity index (χ1) is 9.52. The van der Waals surface area contributed by atoms with Crippen molar-refractivity contribution in [3.8, 4) is 0 Å². The van der Waals surface area contributed by atoms with Crippen LogP contribution >= 0.6 is 0 Å². The van der Waals surface area contributed by atoms with E-state index in [-0.39, 0.29) is 11.9 Å². The lowest BCUT2D eigenvalue weighted by Gasteiger charge is -2.19. The van der Waals surface area contributed by atoms with Crippen LogP contribution in [0.5, 0.6) is 0 Å². The molecule has 1 unspecified atom stereocenters. The van der Waals surface area contributed by atoms with Crippen molar-refractivity contribution in [3.63, 3.8) is 0 Å². The van der Waals surface area contributed by atoms with Gasteiger partial charge in [0, 0.05) is 0 Å². The number of halogens is 1. The summed E-state index contributed by atoms with van der Waals surface area (Å²) in [5.41, 5.74) is 4.30. The summed E-state index contributed by atoms with van der Waals surface area (Å²) in [7, 11) is 1.93. The number of aryl methyl sites for hydroxylation is 1. The van der Waals surface area contributed by atoms with Crippen molar-refractivity contribution < 1.29 is 4.39 Å². The second kappa shape index (κ2) is 6.19. The molecular weight excluding hydrogens is 249 g/mol. The van der Waals surface area contributed by atoms with Crippen LogP contribution in [0.25, 0.3) is 0 Å². The van der Waals surface area contributed by atoms with Crippen LogP contribution in [-0.4, -0.2) is 7.05 Å². The zero-order valence-corrected chi connectivity index (χ0v) is 12.6. The molecule has 0 bridgehead atoms. The summed E-state index contributed by atoms with van der Waals surface area (Å²) in [6.07, 6.45) is 0. The normalized spacial score (nSPS) is 12.7. The molecule has 0 aliphatic rings. The highest BCUT2D eigenvalue weighted by atomic mass is 19.1. The minimum Gasteiger partial charge on any atom is -0.309 e. The van der Waals surface area contributed by atoms with Gasteiger partial charge in [0.05, 0.1) is 6.04 Å². The van der Waals surface area contributed by atoms with E-state index in [1.807, 2.05) is 19.2 Å². The summed E-state index contributed by atoms with van der Waals surface area (Å²) in [5, 5.41) is 3.31. The zero-order chi connectivity index (χ0) is 14.7. The second-order valence-corrected chi connectivity index (χ2v) is 5.55. The Morgan fingerprint density at radius 2 is 1.45 bits per heavy atom. The van der Waals surface area contributed by atoms with Gasteiger partial charge in [0.15, 0.2) is 0 Å².